The average Bonchev–Trinajstić information content (AvgIpc) is 3.20. The fourth-order valence-electron chi connectivity index (χ4n) is 4.31. The summed E-state index contributed by atoms with van der Waals surface area (Å²) in [5.41, 5.74) is 1.20. The summed E-state index contributed by atoms with van der Waals surface area (Å²) in [5, 5.41) is 7.35. The molecule has 0 unspecified atom stereocenters. The van der Waals surface area contributed by atoms with Crippen molar-refractivity contribution < 1.29 is 14.0 Å². The Morgan fingerprint density at radius 3 is 2.89 bits per heavy atom. The number of hydrogen-bond donors (Lipinski definition) is 1. The molecule has 1 aromatic heterocycles. The Bertz CT molecular complexity index is 865. The van der Waals surface area contributed by atoms with E-state index in [0.29, 0.717) is 18.7 Å². The number of likely N-dealkylation sites (tertiary alicyclic amines) is 1. The van der Waals surface area contributed by atoms with Crippen LogP contribution >= 0.6 is 0 Å². The van der Waals surface area contributed by atoms with E-state index in [9.17, 15) is 14.0 Å². The summed E-state index contributed by atoms with van der Waals surface area (Å²) in [7, 11) is 1.77. The van der Waals surface area contributed by atoms with E-state index < -0.39 is 0 Å². The maximum Gasteiger partial charge on any atom is 0.274 e. The first-order valence-corrected chi connectivity index (χ1v) is 9.38. The summed E-state index contributed by atoms with van der Waals surface area (Å²) in [5.74, 6) is -0.589. The molecule has 2 aromatic rings. The number of halogens is 1. The molecule has 3 atom stereocenters. The molecule has 2 amide bonds. The minimum absolute atomic E-state index is 0.00163. The molecule has 142 valence electrons. The molecule has 6 nitrogen and oxygen atoms in total. The van der Waals surface area contributed by atoms with E-state index in [0.717, 1.165) is 24.8 Å². The van der Waals surface area contributed by atoms with Crippen molar-refractivity contribution in [3.63, 3.8) is 0 Å². The second-order valence-corrected chi connectivity index (χ2v) is 7.40. The van der Waals surface area contributed by atoms with Gasteiger partial charge in [-0.25, -0.2) is 4.39 Å². The van der Waals surface area contributed by atoms with E-state index >= 15 is 0 Å². The third-order valence-corrected chi connectivity index (χ3v) is 5.59. The maximum absolute atomic E-state index is 13.8. The molecule has 0 aliphatic carbocycles. The molecule has 7 heteroatoms. The molecule has 0 saturated carbocycles. The van der Waals surface area contributed by atoms with Crippen LogP contribution in [0.1, 0.15) is 47.7 Å². The molecular weight excluding hydrogens is 347 g/mol. The van der Waals surface area contributed by atoms with Crippen molar-refractivity contribution in [3.05, 3.63) is 53.6 Å². The van der Waals surface area contributed by atoms with Gasteiger partial charge in [0.05, 0.1) is 12.1 Å². The van der Waals surface area contributed by atoms with Crippen molar-refractivity contribution in [2.45, 2.75) is 43.7 Å². The van der Waals surface area contributed by atoms with Gasteiger partial charge in [0.2, 0.25) is 5.91 Å². The molecule has 2 aliphatic rings. The Morgan fingerprint density at radius 2 is 2.15 bits per heavy atom. The third-order valence-electron chi connectivity index (χ3n) is 5.59. The summed E-state index contributed by atoms with van der Waals surface area (Å²) in [6.07, 6.45) is 4.75. The quantitative estimate of drug-likeness (QED) is 0.882. The zero-order valence-corrected chi connectivity index (χ0v) is 15.3. The molecule has 2 fully saturated rings. The predicted octanol–water partition coefficient (Wildman–Crippen LogP) is 2.23. The van der Waals surface area contributed by atoms with E-state index in [4.69, 9.17) is 0 Å². The zero-order valence-electron chi connectivity index (χ0n) is 15.3. The normalized spacial score (nSPS) is 25.5. The van der Waals surface area contributed by atoms with Gasteiger partial charge < -0.3 is 10.2 Å². The number of fused-ring (bicyclic) bond motifs is 1. The number of aromatic nitrogens is 2. The lowest BCUT2D eigenvalue weighted by Crippen LogP contribution is -2.48. The Kier molecular flexibility index (Phi) is 4.68. The summed E-state index contributed by atoms with van der Waals surface area (Å²) in [4.78, 5) is 27.2. The topological polar surface area (TPSA) is 67.2 Å². The molecular formula is C20H23FN4O2. The fourth-order valence-corrected chi connectivity index (χ4v) is 4.31. The minimum atomic E-state index is -0.310. The van der Waals surface area contributed by atoms with Crippen LogP contribution in [0.25, 0.3) is 0 Å². The first-order valence-electron chi connectivity index (χ1n) is 9.38. The number of amides is 2. The van der Waals surface area contributed by atoms with Crippen LogP contribution in [0.2, 0.25) is 0 Å². The lowest BCUT2D eigenvalue weighted by Gasteiger charge is -2.30. The molecule has 2 aliphatic heterocycles. The van der Waals surface area contributed by atoms with E-state index in [1.165, 1.54) is 12.1 Å². The Hall–Kier alpha value is -2.70. The lowest BCUT2D eigenvalue weighted by molar-refractivity contribution is -0.122. The zero-order chi connectivity index (χ0) is 19.0. The summed E-state index contributed by atoms with van der Waals surface area (Å²) < 4.78 is 15.4. The summed E-state index contributed by atoms with van der Waals surface area (Å²) in [6.45, 7) is 0.439. The van der Waals surface area contributed by atoms with Crippen LogP contribution in [0.5, 0.6) is 0 Å². The van der Waals surface area contributed by atoms with Crippen LogP contribution < -0.4 is 5.32 Å². The van der Waals surface area contributed by atoms with E-state index in [1.54, 1.807) is 30.1 Å². The Labute approximate surface area is 157 Å². The van der Waals surface area contributed by atoms with Gasteiger partial charge in [-0.2, -0.15) is 5.10 Å². The number of nitrogens with one attached hydrogen (secondary N) is 1. The number of aryl methyl sites for hydroxylation is 1. The molecule has 27 heavy (non-hydrogen) atoms. The van der Waals surface area contributed by atoms with Gasteiger partial charge in [0.25, 0.3) is 5.91 Å². The predicted molar refractivity (Wildman–Crippen MR) is 97.6 cm³/mol. The van der Waals surface area contributed by atoms with Crippen LogP contribution in [0.3, 0.4) is 0 Å². The van der Waals surface area contributed by atoms with Crippen molar-refractivity contribution in [2.75, 3.05) is 6.54 Å². The lowest BCUT2D eigenvalue weighted by atomic mass is 9.88. The van der Waals surface area contributed by atoms with Crippen molar-refractivity contribution in [2.24, 2.45) is 7.05 Å². The Morgan fingerprint density at radius 1 is 1.30 bits per heavy atom. The average molecular weight is 370 g/mol. The highest BCUT2D eigenvalue weighted by Gasteiger charge is 2.46. The number of carbonyl (C=O) groups is 2. The molecule has 1 N–H and O–H groups in total. The number of hydrogen-bond acceptors (Lipinski definition) is 3. The van der Waals surface area contributed by atoms with Gasteiger partial charge in [-0.15, -0.1) is 0 Å². The van der Waals surface area contributed by atoms with Gasteiger partial charge in [0, 0.05) is 32.1 Å². The van der Waals surface area contributed by atoms with Crippen LogP contribution in [0.15, 0.2) is 36.5 Å². The SMILES string of the molecule is Cn1ccc(C(=O)N2C[C@@H](c3cccc(F)c3)[C@@H]3NC(=O)CCCC[C@H]32)n1. The molecule has 4 rings (SSSR count). The minimum Gasteiger partial charge on any atom is -0.351 e. The number of nitrogens with zero attached hydrogens (tertiary/aromatic N) is 3. The highest BCUT2D eigenvalue weighted by Crippen LogP contribution is 2.36. The first-order chi connectivity index (χ1) is 13.0. The van der Waals surface area contributed by atoms with Crippen molar-refractivity contribution in [1.29, 1.82) is 0 Å². The maximum atomic E-state index is 13.8. The van der Waals surface area contributed by atoms with Gasteiger partial charge >= 0.3 is 0 Å². The van der Waals surface area contributed by atoms with Gasteiger partial charge in [-0.1, -0.05) is 18.6 Å². The largest absolute Gasteiger partial charge is 0.351 e. The summed E-state index contributed by atoms with van der Waals surface area (Å²) >= 11 is 0. The van der Waals surface area contributed by atoms with Crippen LogP contribution in [-0.4, -0.2) is 45.1 Å². The number of rotatable bonds is 2. The third kappa shape index (κ3) is 3.46. The second kappa shape index (κ2) is 7.13. The van der Waals surface area contributed by atoms with Crippen LogP contribution in [0, 0.1) is 5.82 Å². The standard InChI is InChI=1S/C20H23FN4O2/c1-24-10-9-16(23-24)20(27)25-12-15(13-5-4-6-14(21)11-13)19-17(25)7-2-3-8-18(26)22-19/h4-6,9-11,15,17,19H,2-3,7-8,12H2,1H3,(H,22,26)/t15-,17+,19-/m0/s1. The number of benzene rings is 1. The van der Waals surface area contributed by atoms with Gasteiger partial charge in [0.1, 0.15) is 11.5 Å². The van der Waals surface area contributed by atoms with Gasteiger partial charge in [0.15, 0.2) is 0 Å². The molecule has 0 bridgehead atoms. The van der Waals surface area contributed by atoms with Crippen LogP contribution in [-0.2, 0) is 11.8 Å². The molecule has 0 radical (unpaired) electrons. The number of carbonyl (C=O) groups excluding carboxylic acids is 2. The van der Waals surface area contributed by atoms with Gasteiger partial charge in [-0.3, -0.25) is 14.3 Å². The van der Waals surface area contributed by atoms with Crippen LogP contribution in [0.4, 0.5) is 4.39 Å². The van der Waals surface area contributed by atoms with Crippen molar-refractivity contribution >= 4 is 11.8 Å². The second-order valence-electron chi connectivity index (χ2n) is 7.40. The molecule has 2 saturated heterocycles. The van der Waals surface area contributed by atoms with E-state index in [1.807, 2.05) is 11.0 Å². The van der Waals surface area contributed by atoms with E-state index in [-0.39, 0.29) is 35.6 Å². The molecule has 3 heterocycles. The van der Waals surface area contributed by atoms with Gasteiger partial charge in [-0.05, 0) is 36.6 Å². The smallest absolute Gasteiger partial charge is 0.274 e. The highest BCUT2D eigenvalue weighted by atomic mass is 19.1. The van der Waals surface area contributed by atoms with Crippen molar-refractivity contribution in [3.8, 4) is 0 Å². The molecule has 1 aromatic carbocycles. The van der Waals surface area contributed by atoms with Crippen molar-refractivity contribution in [1.82, 2.24) is 20.0 Å². The first kappa shape index (κ1) is 17.7. The molecule has 0 spiro atoms. The Balaban J connectivity index is 1.69. The fraction of sp³-hybridized carbons (Fsp3) is 0.450. The van der Waals surface area contributed by atoms with E-state index in [2.05, 4.69) is 10.4 Å². The monoisotopic (exact) mass is 370 g/mol. The highest BCUT2D eigenvalue weighted by molar-refractivity contribution is 5.93. The summed E-state index contributed by atoms with van der Waals surface area (Å²) in [6, 6.07) is 7.82.